The first kappa shape index (κ1) is 15.9. The second-order valence-corrected chi connectivity index (χ2v) is 6.55. The van der Waals surface area contributed by atoms with Crippen LogP contribution in [0.4, 0.5) is 0 Å². The lowest BCUT2D eigenvalue weighted by atomic mass is 10.0. The van der Waals surface area contributed by atoms with E-state index in [1.807, 2.05) is 30.3 Å². The number of nitrogens with zero attached hydrogens (tertiary/aromatic N) is 1. The Morgan fingerprint density at radius 1 is 1.26 bits per heavy atom. The number of fused-ring (bicyclic) bond motifs is 1. The summed E-state index contributed by atoms with van der Waals surface area (Å²) in [6.45, 7) is 5.49. The highest BCUT2D eigenvalue weighted by atomic mass is 16.1. The average Bonchev–Trinajstić information content (AvgIpc) is 2.59. The first-order valence-electron chi connectivity index (χ1n) is 8.72. The molecule has 4 nitrogen and oxygen atoms in total. The Bertz CT molecular complexity index is 670. The summed E-state index contributed by atoms with van der Waals surface area (Å²) in [4.78, 5) is 18.4. The molecule has 0 bridgehead atoms. The maximum Gasteiger partial charge on any atom is 0.269 e. The number of hydrogen-bond acceptors (Lipinski definition) is 2. The molecular weight excluding hydrogens is 286 g/mol. The van der Waals surface area contributed by atoms with Gasteiger partial charge in [0.15, 0.2) is 0 Å². The number of quaternary nitrogens is 1. The lowest BCUT2D eigenvalue weighted by molar-refractivity contribution is -0.928. The van der Waals surface area contributed by atoms with Crippen LogP contribution >= 0.6 is 0 Å². The Morgan fingerprint density at radius 2 is 2.13 bits per heavy atom. The van der Waals surface area contributed by atoms with Crippen molar-refractivity contribution in [2.75, 3.05) is 19.6 Å². The van der Waals surface area contributed by atoms with E-state index in [0.29, 0.717) is 5.69 Å². The van der Waals surface area contributed by atoms with Crippen LogP contribution in [0, 0.1) is 0 Å². The minimum atomic E-state index is -0.0718. The quantitative estimate of drug-likeness (QED) is 0.827. The van der Waals surface area contributed by atoms with Gasteiger partial charge in [-0.1, -0.05) is 24.3 Å². The van der Waals surface area contributed by atoms with Gasteiger partial charge in [-0.15, -0.1) is 0 Å². The fourth-order valence-corrected chi connectivity index (χ4v) is 3.42. The smallest absolute Gasteiger partial charge is 0.269 e. The maximum absolute atomic E-state index is 12.2. The van der Waals surface area contributed by atoms with Crippen molar-refractivity contribution in [1.29, 1.82) is 0 Å². The predicted octanol–water partition coefficient (Wildman–Crippen LogP) is 1.81. The summed E-state index contributed by atoms with van der Waals surface area (Å²) in [7, 11) is 0. The van der Waals surface area contributed by atoms with E-state index in [9.17, 15) is 4.79 Å². The summed E-state index contributed by atoms with van der Waals surface area (Å²) in [5.74, 6) is -0.0718. The van der Waals surface area contributed by atoms with Crippen molar-refractivity contribution in [2.24, 2.45) is 0 Å². The molecule has 1 fully saturated rings. The second-order valence-electron chi connectivity index (χ2n) is 6.55. The van der Waals surface area contributed by atoms with E-state index in [4.69, 9.17) is 0 Å². The molecule has 122 valence electrons. The number of para-hydroxylation sites is 1. The average molecular weight is 312 g/mol. The minimum Gasteiger partial charge on any atom is -0.350 e. The molecule has 2 aromatic rings. The van der Waals surface area contributed by atoms with Crippen LogP contribution in [0.2, 0.25) is 0 Å². The number of carbonyl (C=O) groups excluding carboxylic acids is 1. The topological polar surface area (TPSA) is 46.4 Å². The lowest BCUT2D eigenvalue weighted by Crippen LogP contribution is -3.16. The number of nitrogens with one attached hydrogen (secondary N) is 2. The van der Waals surface area contributed by atoms with Gasteiger partial charge in [-0.2, -0.15) is 0 Å². The molecule has 3 rings (SSSR count). The summed E-state index contributed by atoms with van der Waals surface area (Å²) < 4.78 is 0. The van der Waals surface area contributed by atoms with Gasteiger partial charge in [0.2, 0.25) is 0 Å². The van der Waals surface area contributed by atoms with Crippen LogP contribution in [-0.2, 0) is 0 Å². The summed E-state index contributed by atoms with van der Waals surface area (Å²) in [6.07, 6.45) is 5.07. The van der Waals surface area contributed by atoms with Gasteiger partial charge in [0.05, 0.1) is 24.6 Å². The molecular formula is C19H26N3O+. The second kappa shape index (κ2) is 7.55. The monoisotopic (exact) mass is 312 g/mol. The number of piperidine rings is 1. The molecule has 1 aliphatic rings. The number of pyridine rings is 1. The molecule has 2 atom stereocenters. The highest BCUT2D eigenvalue weighted by Gasteiger charge is 2.20. The third kappa shape index (κ3) is 4.08. The predicted molar refractivity (Wildman–Crippen MR) is 92.7 cm³/mol. The zero-order valence-electron chi connectivity index (χ0n) is 13.8. The van der Waals surface area contributed by atoms with Crippen molar-refractivity contribution in [1.82, 2.24) is 10.3 Å². The van der Waals surface area contributed by atoms with Crippen LogP contribution in [0.15, 0.2) is 36.4 Å². The van der Waals surface area contributed by atoms with E-state index < -0.39 is 0 Å². The molecule has 0 radical (unpaired) electrons. The van der Waals surface area contributed by atoms with Crippen LogP contribution in [0.25, 0.3) is 10.9 Å². The Kier molecular flexibility index (Phi) is 5.23. The number of rotatable bonds is 5. The molecule has 1 aromatic heterocycles. The van der Waals surface area contributed by atoms with Crippen LogP contribution in [0.1, 0.15) is 43.1 Å². The Hall–Kier alpha value is -1.94. The van der Waals surface area contributed by atoms with E-state index in [-0.39, 0.29) is 5.91 Å². The Balaban J connectivity index is 1.48. The van der Waals surface area contributed by atoms with Gasteiger partial charge in [0.1, 0.15) is 5.69 Å². The standard InChI is InChI=1S/C19H25N3O/c1-15-7-4-5-13-22(15)14-6-12-20-19(23)18-11-10-16-8-2-3-9-17(16)21-18/h2-3,8-11,15H,4-7,12-14H2,1H3,(H,20,23)/p+1/t15-/m0/s1. The maximum atomic E-state index is 12.2. The molecule has 2 heterocycles. The van der Waals surface area contributed by atoms with Crippen molar-refractivity contribution in [3.05, 3.63) is 42.1 Å². The van der Waals surface area contributed by atoms with E-state index >= 15 is 0 Å². The van der Waals surface area contributed by atoms with E-state index in [1.165, 1.54) is 25.8 Å². The molecule has 4 heteroatoms. The molecule has 1 unspecified atom stereocenters. The normalized spacial score (nSPS) is 21.3. The molecule has 0 aliphatic carbocycles. The third-order valence-electron chi connectivity index (χ3n) is 4.87. The van der Waals surface area contributed by atoms with Gasteiger partial charge >= 0.3 is 0 Å². The van der Waals surface area contributed by atoms with Gasteiger partial charge in [0, 0.05) is 18.4 Å². The SMILES string of the molecule is C[C@H]1CCCC[NH+]1CCCNC(=O)c1ccc2ccccc2n1. The van der Waals surface area contributed by atoms with Gasteiger partial charge in [-0.25, -0.2) is 4.98 Å². The number of benzene rings is 1. The molecule has 23 heavy (non-hydrogen) atoms. The number of amides is 1. The summed E-state index contributed by atoms with van der Waals surface area (Å²) in [6, 6.07) is 12.4. The fraction of sp³-hybridized carbons (Fsp3) is 0.474. The lowest BCUT2D eigenvalue weighted by Gasteiger charge is -2.30. The third-order valence-corrected chi connectivity index (χ3v) is 4.87. The molecule has 1 saturated heterocycles. The number of carbonyl (C=O) groups is 1. The van der Waals surface area contributed by atoms with Crippen molar-refractivity contribution < 1.29 is 9.69 Å². The molecule has 1 aromatic carbocycles. The van der Waals surface area contributed by atoms with Crippen molar-refractivity contribution >= 4 is 16.8 Å². The van der Waals surface area contributed by atoms with E-state index in [2.05, 4.69) is 17.2 Å². The van der Waals surface area contributed by atoms with Crippen LogP contribution in [0.3, 0.4) is 0 Å². The Labute approximate surface area is 137 Å². The van der Waals surface area contributed by atoms with Gasteiger partial charge < -0.3 is 10.2 Å². The first-order chi connectivity index (χ1) is 11.2. The molecule has 0 spiro atoms. The number of hydrogen-bond donors (Lipinski definition) is 2. The van der Waals surface area contributed by atoms with Gasteiger partial charge in [-0.05, 0) is 38.3 Å². The molecule has 1 aliphatic heterocycles. The summed E-state index contributed by atoms with van der Waals surface area (Å²) in [5, 5.41) is 4.07. The van der Waals surface area contributed by atoms with Gasteiger partial charge in [-0.3, -0.25) is 4.79 Å². The zero-order chi connectivity index (χ0) is 16.1. The number of likely N-dealkylation sites (tertiary alicyclic amines) is 1. The van der Waals surface area contributed by atoms with Crippen molar-refractivity contribution in [3.8, 4) is 0 Å². The van der Waals surface area contributed by atoms with E-state index in [1.54, 1.807) is 11.0 Å². The molecule has 2 N–H and O–H groups in total. The largest absolute Gasteiger partial charge is 0.350 e. The van der Waals surface area contributed by atoms with Crippen LogP contribution < -0.4 is 10.2 Å². The first-order valence-corrected chi connectivity index (χ1v) is 8.72. The summed E-state index contributed by atoms with van der Waals surface area (Å²) in [5.41, 5.74) is 1.37. The van der Waals surface area contributed by atoms with Gasteiger partial charge in [0.25, 0.3) is 5.91 Å². The zero-order valence-corrected chi connectivity index (χ0v) is 13.8. The molecule has 0 saturated carbocycles. The summed E-state index contributed by atoms with van der Waals surface area (Å²) >= 11 is 0. The van der Waals surface area contributed by atoms with Crippen molar-refractivity contribution in [2.45, 2.75) is 38.6 Å². The van der Waals surface area contributed by atoms with Crippen LogP contribution in [0.5, 0.6) is 0 Å². The molecule has 1 amide bonds. The van der Waals surface area contributed by atoms with E-state index in [0.717, 1.165) is 36.5 Å². The Morgan fingerprint density at radius 3 is 3.00 bits per heavy atom. The fourth-order valence-electron chi connectivity index (χ4n) is 3.42. The highest BCUT2D eigenvalue weighted by molar-refractivity contribution is 5.94. The highest BCUT2D eigenvalue weighted by Crippen LogP contribution is 2.11. The minimum absolute atomic E-state index is 0.0718. The van der Waals surface area contributed by atoms with Crippen LogP contribution in [-0.4, -0.2) is 36.6 Å². The number of aromatic nitrogens is 1. The van der Waals surface area contributed by atoms with Crippen molar-refractivity contribution in [3.63, 3.8) is 0 Å².